The minimum absolute atomic E-state index is 0.0352. The number of phenolic OH excluding ortho intramolecular Hbond substituents is 2. The number of aromatic hydroxyl groups is 2. The molecular formula is C87H112Br3N15O24P4. The van der Waals surface area contributed by atoms with E-state index in [1.54, 1.807) is 0 Å². The van der Waals surface area contributed by atoms with Gasteiger partial charge in [-0.15, -0.1) is 0 Å². The Kier molecular flexibility index (Phi) is 40.0. The van der Waals surface area contributed by atoms with Crippen LogP contribution in [0.5, 0.6) is 34.5 Å². The molecule has 0 spiro atoms. The molecule has 0 aliphatic heterocycles. The third-order valence-electron chi connectivity index (χ3n) is 20.8. The Morgan fingerprint density at radius 1 is 0.368 bits per heavy atom. The number of aryl methyl sites for hydroxylation is 6. The molecule has 0 saturated carbocycles. The first-order chi connectivity index (χ1) is 63.5. The lowest BCUT2D eigenvalue weighted by Gasteiger charge is -2.17. The molecule has 0 fully saturated rings. The number of nitrogens with two attached hydrogens (primary N) is 3. The number of nitrogen functional groups attached to an aromatic ring is 3. The number of hydrogen-bond acceptors (Lipinski definition) is 25. The summed E-state index contributed by atoms with van der Waals surface area (Å²) in [6, 6.07) is 29.6. The van der Waals surface area contributed by atoms with E-state index in [1.165, 1.54) is 48.5 Å². The van der Waals surface area contributed by atoms with E-state index in [0.717, 1.165) is 145 Å². The Hall–Kier alpha value is -9.51. The highest BCUT2D eigenvalue weighted by atomic mass is 79.9. The summed E-state index contributed by atoms with van der Waals surface area (Å²) < 4.78 is 88.9. The summed E-state index contributed by atoms with van der Waals surface area (Å²) in [5.74, 6) is 2.18. The van der Waals surface area contributed by atoms with Crippen LogP contribution in [0.25, 0.3) is 65.8 Å². The summed E-state index contributed by atoms with van der Waals surface area (Å²) >= 11 is 9.34. The van der Waals surface area contributed by atoms with E-state index in [1.807, 2.05) is 63.1 Å². The summed E-state index contributed by atoms with van der Waals surface area (Å²) in [6.45, 7) is 11.5. The van der Waals surface area contributed by atoms with E-state index in [4.69, 9.17) is 64.5 Å². The van der Waals surface area contributed by atoms with Crippen LogP contribution in [-0.2, 0) is 105 Å². The van der Waals surface area contributed by atoms with Crippen molar-refractivity contribution in [3.8, 4) is 34.5 Å². The van der Waals surface area contributed by atoms with Crippen LogP contribution in [0.15, 0.2) is 109 Å². The van der Waals surface area contributed by atoms with Crippen molar-refractivity contribution in [2.75, 3.05) is 92.5 Å². The zero-order chi connectivity index (χ0) is 96.2. The Morgan fingerprint density at radius 2 is 0.677 bits per heavy atom. The van der Waals surface area contributed by atoms with Crippen LogP contribution in [-0.4, -0.2) is 186 Å². The Bertz CT molecular complexity index is 6230. The molecule has 12 rings (SSSR count). The van der Waals surface area contributed by atoms with Gasteiger partial charge in [-0.05, 0) is 185 Å². The number of phosphoric acid groups is 4. The molecule has 3 amide bonds. The van der Waals surface area contributed by atoms with E-state index in [0.29, 0.717) is 158 Å². The number of nitrogens with one attached hydrogen (secondary N) is 3. The van der Waals surface area contributed by atoms with Crippen LogP contribution in [0, 0.1) is 0 Å². The molecule has 720 valence electrons. The van der Waals surface area contributed by atoms with Gasteiger partial charge in [-0.2, -0.15) is 0 Å². The first-order valence-electron chi connectivity index (χ1n) is 43.2. The van der Waals surface area contributed by atoms with Crippen LogP contribution in [0.3, 0.4) is 0 Å². The van der Waals surface area contributed by atoms with Gasteiger partial charge in [0.15, 0.2) is 17.5 Å². The third-order valence-corrected chi connectivity index (χ3v) is 24.1. The molecule has 0 aliphatic carbocycles. The molecule has 6 aromatic carbocycles. The molecule has 0 bridgehead atoms. The lowest BCUT2D eigenvalue weighted by Crippen LogP contribution is -2.26. The number of carbonyl (C=O) groups is 3. The predicted molar refractivity (Wildman–Crippen MR) is 517 cm³/mol. The second kappa shape index (κ2) is 50.4. The number of anilines is 3. The van der Waals surface area contributed by atoms with Gasteiger partial charge >= 0.3 is 31.3 Å². The van der Waals surface area contributed by atoms with Crippen molar-refractivity contribution >= 4 is 180 Å². The standard InChI is InChI=1S/C29H38BrN5O10P2.2C29H37BrN5O7P/c1-2-3-7-25-34-27-28(35(25)18-20-16-21(44-46(37,38)39)9-11-24(20)45-47(40,41)42)22-15-19(8-10-23(22)33-29(27)31)6-4-13-43-14-5-12-32-26(36)17-30;1-2-3-7-25-34-27-28(35(25)18-20-16-21(9-11-24(20)36)42-43(38,39)40)22-15-19(8-10-23(22)33-29(27)31)6-4-13-41-14-5-12-32-26(37)17-30;1-2-3-7-25-34-27-28(35(25)18-20-16-21(36)9-11-24(20)42-43(38,39)40)22-15-19(8-10-23(22)33-29(27)31)6-4-13-41-14-5-12-32-26(37)17-30/h8-11,15-16H,2-7,12-14,17-18H2,1H3,(H2,31,33)(H,32,36)(H2,37,38,39)(H2,40,41,42);2*8-11,15-16,36H,2-7,12-14,17-18H2,1H3,(H2,31,33)(H,32,37)(H2,38,39,40). The van der Waals surface area contributed by atoms with E-state index >= 15 is 0 Å². The van der Waals surface area contributed by atoms with Gasteiger partial charge < -0.3 is 89.4 Å². The molecule has 133 heavy (non-hydrogen) atoms. The number of ether oxygens (including phenoxy) is 3. The van der Waals surface area contributed by atoms with Crippen LogP contribution in [0.1, 0.15) is 149 Å². The number of halogens is 3. The molecule has 0 aliphatic rings. The summed E-state index contributed by atoms with van der Waals surface area (Å²) in [7, 11) is -19.5. The second-order valence-corrected chi connectivity index (χ2v) is 37.5. The van der Waals surface area contributed by atoms with Crippen molar-refractivity contribution in [2.45, 2.75) is 156 Å². The first-order valence-corrected chi connectivity index (χ1v) is 52.6. The average molecular weight is 2120 g/mol. The second-order valence-electron chi connectivity index (χ2n) is 31.1. The maximum Gasteiger partial charge on any atom is 0.524 e. The van der Waals surface area contributed by atoms with Gasteiger partial charge in [0.05, 0.1) is 68.7 Å². The van der Waals surface area contributed by atoms with Crippen LogP contribution >= 0.6 is 79.1 Å². The van der Waals surface area contributed by atoms with E-state index in [-0.39, 0.29) is 99.7 Å². The van der Waals surface area contributed by atoms with E-state index in [2.05, 4.69) is 105 Å². The number of unbranched alkanes of at least 4 members (excludes halogenated alkanes) is 3. The number of phenols is 2. The lowest BCUT2D eigenvalue weighted by molar-refractivity contribution is -0.119. The minimum Gasteiger partial charge on any atom is -0.508 e. The molecule has 6 aromatic heterocycles. The average Bonchev–Trinajstić information content (AvgIpc) is 1.62. The number of amides is 3. The van der Waals surface area contributed by atoms with E-state index in [9.17, 15) is 82.0 Å². The number of nitrogens with zero attached hydrogens (tertiary/aromatic N) is 9. The first kappa shape index (κ1) is 106. The quantitative estimate of drug-likeness (QED) is 0.00956. The fourth-order valence-electron chi connectivity index (χ4n) is 14.7. The van der Waals surface area contributed by atoms with Gasteiger partial charge in [0.1, 0.15) is 68.5 Å². The Morgan fingerprint density at radius 3 is 1.01 bits per heavy atom. The van der Waals surface area contributed by atoms with Crippen molar-refractivity contribution in [1.29, 1.82) is 0 Å². The number of carbonyl (C=O) groups excluding carboxylic acids is 3. The van der Waals surface area contributed by atoms with Gasteiger partial charge in [0, 0.05) is 111 Å². The number of hydrogen-bond donors (Lipinski definition) is 16. The highest BCUT2D eigenvalue weighted by Gasteiger charge is 2.29. The maximum absolute atomic E-state index is 11.8. The van der Waals surface area contributed by atoms with Crippen molar-refractivity contribution in [1.82, 2.24) is 59.6 Å². The summed E-state index contributed by atoms with van der Waals surface area (Å²) in [5, 5.41) is 32.5. The SMILES string of the molecule is CCCCc1nc2c(N)nc3ccc(CCCOCCCNC(=O)CBr)cc3c2n1Cc1cc(O)ccc1OP(=O)(O)O.CCCCc1nc2c(N)nc3ccc(CCCOCCCNC(=O)CBr)cc3c2n1Cc1cc(OP(=O)(O)O)ccc1O.CCCCc1nc2c(N)nc3ccc(CCCOCCCNC(=O)CBr)cc3c2n1Cc1cc(OP(=O)(O)O)ccc1OP(=O)(O)O. The minimum atomic E-state index is -5.00. The number of rotatable bonds is 50. The number of phosphoric ester groups is 4. The predicted octanol–water partition coefficient (Wildman–Crippen LogP) is 13.5. The number of pyridine rings is 3. The van der Waals surface area contributed by atoms with Gasteiger partial charge in [-0.1, -0.05) is 106 Å². The number of imidazole rings is 3. The number of benzene rings is 6. The van der Waals surface area contributed by atoms with Gasteiger partial charge in [-0.25, -0.2) is 48.2 Å². The van der Waals surface area contributed by atoms with Gasteiger partial charge in [0.25, 0.3) is 0 Å². The van der Waals surface area contributed by atoms with Crippen LogP contribution in [0.4, 0.5) is 17.5 Å². The smallest absolute Gasteiger partial charge is 0.508 e. The summed E-state index contributed by atoms with van der Waals surface area (Å²) in [6.07, 6.45) is 14.0. The molecule has 39 nitrogen and oxygen atoms in total. The summed E-state index contributed by atoms with van der Waals surface area (Å²) in [4.78, 5) is 137. The third kappa shape index (κ3) is 32.1. The molecule has 0 saturated heterocycles. The fraction of sp³-hybridized carbons (Fsp3) is 0.414. The lowest BCUT2D eigenvalue weighted by atomic mass is 10.1. The van der Waals surface area contributed by atoms with Crippen molar-refractivity contribution in [2.24, 2.45) is 0 Å². The van der Waals surface area contributed by atoms with Gasteiger partial charge in [0.2, 0.25) is 17.7 Å². The highest BCUT2D eigenvalue weighted by Crippen LogP contribution is 2.46. The Balaban J connectivity index is 0.000000207. The number of aromatic nitrogens is 9. The van der Waals surface area contributed by atoms with Crippen LogP contribution < -0.4 is 51.2 Å². The van der Waals surface area contributed by atoms with Gasteiger partial charge in [-0.3, -0.25) is 53.5 Å². The normalized spacial score (nSPS) is 11.9. The Labute approximate surface area is 791 Å². The molecule has 6 heterocycles. The molecule has 0 unspecified atom stereocenters. The fourth-order valence-corrected chi connectivity index (χ4v) is 17.0. The van der Waals surface area contributed by atoms with Crippen molar-refractivity contribution < 1.29 is 114 Å². The molecule has 46 heteroatoms. The molecule has 0 radical (unpaired) electrons. The van der Waals surface area contributed by atoms with Crippen molar-refractivity contribution in [3.05, 3.63) is 160 Å². The van der Waals surface area contributed by atoms with E-state index < -0.39 is 31.3 Å². The maximum atomic E-state index is 11.8. The number of alkyl halides is 3. The monoisotopic (exact) mass is 2110 g/mol. The van der Waals surface area contributed by atoms with Crippen molar-refractivity contribution in [3.63, 3.8) is 0 Å². The molecular weight excluding hydrogens is 2000 g/mol. The summed E-state index contributed by atoms with van der Waals surface area (Å²) in [5.41, 5.74) is 29.1. The molecule has 12 aromatic rings. The topological polar surface area (TPSA) is 593 Å². The highest BCUT2D eigenvalue weighted by molar-refractivity contribution is 9.09. The zero-order valence-electron chi connectivity index (χ0n) is 73.6. The van der Waals surface area contributed by atoms with Crippen LogP contribution in [0.2, 0.25) is 0 Å². The molecule has 19 N–H and O–H groups in total. The number of fused-ring (bicyclic) bond motifs is 9. The zero-order valence-corrected chi connectivity index (χ0v) is 81.9. The largest absolute Gasteiger partial charge is 0.524 e. The molecule has 0 atom stereocenters.